The maximum atomic E-state index is 11.4. The van der Waals surface area contributed by atoms with Gasteiger partial charge in [0.25, 0.3) is 0 Å². The number of H-pyrrole nitrogens is 1. The third kappa shape index (κ3) is 2.98. The molecule has 1 fully saturated rings. The van der Waals surface area contributed by atoms with Gasteiger partial charge in [-0.15, -0.1) is 0 Å². The van der Waals surface area contributed by atoms with Crippen molar-refractivity contribution < 1.29 is 8.42 Å². The zero-order valence-corrected chi connectivity index (χ0v) is 11.5. The van der Waals surface area contributed by atoms with Crippen LogP contribution in [0.2, 0.25) is 0 Å². The summed E-state index contributed by atoms with van der Waals surface area (Å²) in [5.41, 5.74) is 2.36. The van der Waals surface area contributed by atoms with Crippen molar-refractivity contribution >= 4 is 20.7 Å². The zero-order valence-electron chi connectivity index (χ0n) is 10.7. The number of fused-ring (bicyclic) bond motifs is 1. The number of aromatic nitrogens is 1. The van der Waals surface area contributed by atoms with Crippen molar-refractivity contribution in [3.05, 3.63) is 36.0 Å². The van der Waals surface area contributed by atoms with Gasteiger partial charge in [-0.25, -0.2) is 8.42 Å². The first-order valence-electron chi connectivity index (χ1n) is 6.59. The highest BCUT2D eigenvalue weighted by atomic mass is 32.2. The van der Waals surface area contributed by atoms with Crippen LogP contribution in [0.5, 0.6) is 0 Å². The number of aromatic amines is 1. The highest BCUT2D eigenvalue weighted by molar-refractivity contribution is 7.91. The predicted octanol–water partition coefficient (Wildman–Crippen LogP) is 1.69. The number of nitrogens with one attached hydrogen (secondary N) is 2. The molecule has 1 aliphatic heterocycles. The molecule has 2 heterocycles. The molecule has 1 aromatic carbocycles. The fourth-order valence-electron chi connectivity index (χ4n) is 2.66. The van der Waals surface area contributed by atoms with Crippen molar-refractivity contribution in [1.29, 1.82) is 0 Å². The van der Waals surface area contributed by atoms with Crippen molar-refractivity contribution in [1.82, 2.24) is 10.3 Å². The largest absolute Gasteiger partial charge is 0.361 e. The molecule has 0 spiro atoms. The van der Waals surface area contributed by atoms with E-state index in [-0.39, 0.29) is 5.92 Å². The Morgan fingerprint density at radius 2 is 2.21 bits per heavy atom. The van der Waals surface area contributed by atoms with Gasteiger partial charge in [0.15, 0.2) is 9.84 Å². The molecule has 1 saturated heterocycles. The zero-order chi connectivity index (χ0) is 13.3. The summed E-state index contributed by atoms with van der Waals surface area (Å²) in [6.07, 6.45) is 2.73. The molecular weight excluding hydrogens is 260 g/mol. The SMILES string of the molecule is O=S1(=O)CCC(CNCc2ccc3cc[nH]c3c2)C1. The first-order valence-corrected chi connectivity index (χ1v) is 8.42. The highest BCUT2D eigenvalue weighted by Gasteiger charge is 2.27. The molecule has 0 saturated carbocycles. The van der Waals surface area contributed by atoms with Crippen LogP contribution in [0, 0.1) is 5.92 Å². The van der Waals surface area contributed by atoms with Crippen LogP contribution in [0.1, 0.15) is 12.0 Å². The van der Waals surface area contributed by atoms with Crippen LogP contribution < -0.4 is 5.32 Å². The summed E-state index contributed by atoms with van der Waals surface area (Å²) in [4.78, 5) is 3.20. The van der Waals surface area contributed by atoms with Crippen LogP contribution in [-0.2, 0) is 16.4 Å². The van der Waals surface area contributed by atoms with E-state index in [2.05, 4.69) is 34.6 Å². The maximum Gasteiger partial charge on any atom is 0.150 e. The van der Waals surface area contributed by atoms with Gasteiger partial charge < -0.3 is 10.3 Å². The van der Waals surface area contributed by atoms with E-state index in [0.717, 1.165) is 25.0 Å². The van der Waals surface area contributed by atoms with Gasteiger partial charge in [-0.3, -0.25) is 0 Å². The molecule has 5 heteroatoms. The van der Waals surface area contributed by atoms with E-state index in [4.69, 9.17) is 0 Å². The smallest absolute Gasteiger partial charge is 0.150 e. The Labute approximate surface area is 113 Å². The topological polar surface area (TPSA) is 62.0 Å². The minimum absolute atomic E-state index is 0.277. The third-order valence-electron chi connectivity index (χ3n) is 3.71. The van der Waals surface area contributed by atoms with Gasteiger partial charge in [-0.2, -0.15) is 0 Å². The van der Waals surface area contributed by atoms with E-state index in [9.17, 15) is 8.42 Å². The molecule has 0 bridgehead atoms. The molecule has 19 heavy (non-hydrogen) atoms. The first-order chi connectivity index (χ1) is 9.12. The van der Waals surface area contributed by atoms with Crippen LogP contribution in [-0.4, -0.2) is 31.5 Å². The number of hydrogen-bond donors (Lipinski definition) is 2. The molecule has 1 atom stereocenters. The summed E-state index contributed by atoms with van der Waals surface area (Å²) < 4.78 is 22.7. The number of benzene rings is 1. The summed E-state index contributed by atoms with van der Waals surface area (Å²) in [5.74, 6) is 0.975. The molecule has 0 amide bonds. The Hall–Kier alpha value is -1.33. The van der Waals surface area contributed by atoms with E-state index in [1.165, 1.54) is 10.9 Å². The quantitative estimate of drug-likeness (QED) is 0.894. The number of rotatable bonds is 4. The lowest BCUT2D eigenvalue weighted by Gasteiger charge is -2.09. The normalized spacial score (nSPS) is 22.0. The molecule has 0 radical (unpaired) electrons. The maximum absolute atomic E-state index is 11.4. The van der Waals surface area contributed by atoms with Crippen molar-refractivity contribution in [3.8, 4) is 0 Å². The Morgan fingerprint density at radius 1 is 1.32 bits per heavy atom. The summed E-state index contributed by atoms with van der Waals surface area (Å²) >= 11 is 0. The average Bonchev–Trinajstić information content (AvgIpc) is 2.95. The molecule has 0 aliphatic carbocycles. The molecule has 1 aromatic heterocycles. The van der Waals surface area contributed by atoms with Gasteiger partial charge in [0.1, 0.15) is 0 Å². The highest BCUT2D eigenvalue weighted by Crippen LogP contribution is 2.18. The van der Waals surface area contributed by atoms with Crippen LogP contribution in [0.25, 0.3) is 10.9 Å². The van der Waals surface area contributed by atoms with E-state index < -0.39 is 9.84 Å². The van der Waals surface area contributed by atoms with Gasteiger partial charge in [-0.1, -0.05) is 12.1 Å². The third-order valence-corrected chi connectivity index (χ3v) is 5.55. The Morgan fingerprint density at radius 3 is 3.00 bits per heavy atom. The van der Waals surface area contributed by atoms with Gasteiger partial charge in [0.05, 0.1) is 11.5 Å². The van der Waals surface area contributed by atoms with E-state index >= 15 is 0 Å². The minimum Gasteiger partial charge on any atom is -0.361 e. The second kappa shape index (κ2) is 4.98. The van der Waals surface area contributed by atoms with Crippen molar-refractivity contribution in [2.45, 2.75) is 13.0 Å². The standard InChI is InChI=1S/C14H18N2O2S/c17-19(18)6-4-12(10-19)9-15-8-11-1-2-13-3-5-16-14(13)7-11/h1-3,5,7,12,15-16H,4,6,8-10H2. The molecule has 2 aromatic rings. The molecule has 102 valence electrons. The van der Waals surface area contributed by atoms with Gasteiger partial charge >= 0.3 is 0 Å². The second-order valence-corrected chi connectivity index (χ2v) is 7.53. The minimum atomic E-state index is -2.76. The number of hydrogen-bond acceptors (Lipinski definition) is 3. The average molecular weight is 278 g/mol. The summed E-state index contributed by atoms with van der Waals surface area (Å²) in [6, 6.07) is 8.39. The van der Waals surface area contributed by atoms with Crippen LogP contribution >= 0.6 is 0 Å². The number of sulfone groups is 1. The molecule has 1 unspecified atom stereocenters. The predicted molar refractivity (Wildman–Crippen MR) is 76.8 cm³/mol. The summed E-state index contributed by atoms with van der Waals surface area (Å²) in [7, 11) is -2.76. The lowest BCUT2D eigenvalue weighted by Crippen LogP contribution is -2.23. The molecular formula is C14H18N2O2S. The fraction of sp³-hybridized carbons (Fsp3) is 0.429. The van der Waals surface area contributed by atoms with Crippen molar-refractivity contribution in [3.63, 3.8) is 0 Å². The van der Waals surface area contributed by atoms with Crippen molar-refractivity contribution in [2.75, 3.05) is 18.1 Å². The van der Waals surface area contributed by atoms with Gasteiger partial charge in [-0.05, 0) is 42.0 Å². The Kier molecular flexibility index (Phi) is 3.33. The molecule has 4 nitrogen and oxygen atoms in total. The second-order valence-electron chi connectivity index (χ2n) is 5.30. The lowest BCUT2D eigenvalue weighted by molar-refractivity contribution is 0.521. The lowest BCUT2D eigenvalue weighted by atomic mass is 10.1. The van der Waals surface area contributed by atoms with E-state index in [0.29, 0.717) is 11.5 Å². The van der Waals surface area contributed by atoms with E-state index in [1.54, 1.807) is 0 Å². The molecule has 3 rings (SSSR count). The van der Waals surface area contributed by atoms with Crippen LogP contribution in [0.15, 0.2) is 30.5 Å². The van der Waals surface area contributed by atoms with Crippen LogP contribution in [0.3, 0.4) is 0 Å². The Bertz CT molecular complexity index is 676. The van der Waals surface area contributed by atoms with Crippen LogP contribution in [0.4, 0.5) is 0 Å². The monoisotopic (exact) mass is 278 g/mol. The van der Waals surface area contributed by atoms with Crippen molar-refractivity contribution in [2.24, 2.45) is 5.92 Å². The van der Waals surface area contributed by atoms with E-state index in [1.807, 2.05) is 6.20 Å². The molecule has 2 N–H and O–H groups in total. The Balaban J connectivity index is 1.55. The first kappa shape index (κ1) is 12.7. The summed E-state index contributed by atoms with van der Waals surface area (Å²) in [5, 5.41) is 4.57. The van der Waals surface area contributed by atoms with Gasteiger partial charge in [0, 0.05) is 18.3 Å². The summed E-state index contributed by atoms with van der Waals surface area (Å²) in [6.45, 7) is 1.56. The van der Waals surface area contributed by atoms with Gasteiger partial charge in [0.2, 0.25) is 0 Å². The fourth-order valence-corrected chi connectivity index (χ4v) is 4.52. The molecule has 1 aliphatic rings.